The summed E-state index contributed by atoms with van der Waals surface area (Å²) in [6, 6.07) is 15.1. The van der Waals surface area contributed by atoms with Crippen molar-refractivity contribution in [3.05, 3.63) is 64.7 Å². The van der Waals surface area contributed by atoms with Crippen LogP contribution in [0.2, 0.25) is 5.02 Å². The maximum atomic E-state index is 9.67. The van der Waals surface area contributed by atoms with Crippen LogP contribution in [0.25, 0.3) is 0 Å². The largest absolute Gasteiger partial charge is 0.508 e. The number of halogens is 1. The number of phenolic OH excluding ortho intramolecular Hbond substituents is 1. The first-order valence-electron chi connectivity index (χ1n) is 4.77. The summed E-state index contributed by atoms with van der Waals surface area (Å²) in [5.41, 5.74) is 1.92. The first-order chi connectivity index (χ1) is 7.27. The van der Waals surface area contributed by atoms with Crippen LogP contribution in [0.15, 0.2) is 48.5 Å². The van der Waals surface area contributed by atoms with Crippen molar-refractivity contribution in [2.24, 2.45) is 0 Å². The second kappa shape index (κ2) is 4.37. The van der Waals surface area contributed by atoms with E-state index in [0.29, 0.717) is 11.4 Å². The highest BCUT2D eigenvalue weighted by Gasteiger charge is 2.06. The van der Waals surface area contributed by atoms with Crippen LogP contribution in [0, 0.1) is 0 Å². The summed E-state index contributed by atoms with van der Waals surface area (Å²) >= 11 is 6.02. The van der Waals surface area contributed by atoms with Gasteiger partial charge in [0.1, 0.15) is 5.75 Å². The Hall–Kier alpha value is -1.47. The molecule has 0 bridgehead atoms. The van der Waals surface area contributed by atoms with E-state index in [0.717, 1.165) is 11.1 Å². The van der Waals surface area contributed by atoms with Gasteiger partial charge in [-0.15, -0.1) is 0 Å². The molecule has 1 nitrogen and oxygen atoms in total. The number of rotatable bonds is 2. The van der Waals surface area contributed by atoms with Gasteiger partial charge in [0.05, 0.1) is 0 Å². The van der Waals surface area contributed by atoms with Crippen molar-refractivity contribution in [2.45, 2.75) is 6.42 Å². The van der Waals surface area contributed by atoms with Crippen molar-refractivity contribution in [1.29, 1.82) is 0 Å². The number of hydrogen-bond acceptors (Lipinski definition) is 1. The van der Waals surface area contributed by atoms with Crippen molar-refractivity contribution < 1.29 is 5.11 Å². The molecule has 0 saturated heterocycles. The first-order valence-corrected chi connectivity index (χ1v) is 5.15. The molecule has 0 radical (unpaired) electrons. The van der Waals surface area contributed by atoms with E-state index in [1.807, 2.05) is 30.3 Å². The Morgan fingerprint density at radius 3 is 2.33 bits per heavy atom. The molecule has 0 atom stereocenters. The van der Waals surface area contributed by atoms with Crippen LogP contribution >= 0.6 is 11.6 Å². The Morgan fingerprint density at radius 1 is 0.933 bits per heavy atom. The van der Waals surface area contributed by atoms with Gasteiger partial charge in [-0.1, -0.05) is 48.0 Å². The minimum atomic E-state index is 0.256. The fourth-order valence-corrected chi connectivity index (χ4v) is 1.76. The first kappa shape index (κ1) is 10.1. The highest BCUT2D eigenvalue weighted by Crippen LogP contribution is 2.27. The van der Waals surface area contributed by atoms with Crippen LogP contribution in [0.3, 0.4) is 0 Å². The zero-order chi connectivity index (χ0) is 10.7. The van der Waals surface area contributed by atoms with Crippen molar-refractivity contribution in [1.82, 2.24) is 0 Å². The third-order valence-corrected chi connectivity index (χ3v) is 2.67. The molecule has 76 valence electrons. The van der Waals surface area contributed by atoms with E-state index < -0.39 is 0 Å². The van der Waals surface area contributed by atoms with Crippen LogP contribution in [0.1, 0.15) is 11.1 Å². The topological polar surface area (TPSA) is 20.2 Å². The van der Waals surface area contributed by atoms with Gasteiger partial charge < -0.3 is 5.11 Å². The van der Waals surface area contributed by atoms with Gasteiger partial charge in [0.15, 0.2) is 0 Å². The van der Waals surface area contributed by atoms with Crippen LogP contribution in [0.4, 0.5) is 0 Å². The van der Waals surface area contributed by atoms with Crippen molar-refractivity contribution in [3.8, 4) is 5.75 Å². The van der Waals surface area contributed by atoms with E-state index >= 15 is 0 Å². The maximum Gasteiger partial charge on any atom is 0.120 e. The molecule has 0 aromatic heterocycles. The van der Waals surface area contributed by atoms with E-state index in [4.69, 9.17) is 11.6 Å². The second-order valence-corrected chi connectivity index (χ2v) is 3.81. The van der Waals surface area contributed by atoms with Crippen LogP contribution in [-0.2, 0) is 6.42 Å². The highest BCUT2D eigenvalue weighted by molar-refractivity contribution is 6.31. The van der Waals surface area contributed by atoms with Crippen LogP contribution in [0.5, 0.6) is 5.75 Å². The molecule has 0 aliphatic rings. The van der Waals surface area contributed by atoms with E-state index in [2.05, 4.69) is 0 Å². The molecule has 0 aliphatic heterocycles. The van der Waals surface area contributed by atoms with Gasteiger partial charge in [-0.25, -0.2) is 0 Å². The van der Waals surface area contributed by atoms with Gasteiger partial charge in [-0.2, -0.15) is 0 Å². The molecule has 0 unspecified atom stereocenters. The van der Waals surface area contributed by atoms with Gasteiger partial charge in [0.25, 0.3) is 0 Å². The molecule has 0 fully saturated rings. The molecule has 15 heavy (non-hydrogen) atoms. The Labute approximate surface area is 94.0 Å². The van der Waals surface area contributed by atoms with E-state index in [1.54, 1.807) is 18.2 Å². The lowest BCUT2D eigenvalue weighted by Crippen LogP contribution is -1.89. The highest BCUT2D eigenvalue weighted by atomic mass is 35.5. The smallest absolute Gasteiger partial charge is 0.120 e. The van der Waals surface area contributed by atoms with Crippen LogP contribution in [-0.4, -0.2) is 5.11 Å². The molecule has 0 amide bonds. The number of hydrogen-bond donors (Lipinski definition) is 1. The monoisotopic (exact) mass is 218 g/mol. The summed E-state index contributed by atoms with van der Waals surface area (Å²) in [5, 5.41) is 10.3. The Balaban J connectivity index is 2.32. The van der Waals surface area contributed by atoms with E-state index in [9.17, 15) is 5.11 Å². The molecule has 2 rings (SSSR count). The molecular formula is C13H11ClO. The molecule has 0 heterocycles. The van der Waals surface area contributed by atoms with E-state index in [-0.39, 0.29) is 5.75 Å². The van der Waals surface area contributed by atoms with Gasteiger partial charge in [0, 0.05) is 17.0 Å². The molecule has 2 heteroatoms. The van der Waals surface area contributed by atoms with E-state index in [1.165, 1.54) is 0 Å². The predicted octanol–water partition coefficient (Wildman–Crippen LogP) is 3.64. The van der Waals surface area contributed by atoms with Crippen molar-refractivity contribution in [3.63, 3.8) is 0 Å². The lowest BCUT2D eigenvalue weighted by Gasteiger charge is -2.06. The molecular weight excluding hydrogens is 208 g/mol. The number of phenols is 1. The Morgan fingerprint density at radius 2 is 1.67 bits per heavy atom. The molecule has 0 spiro atoms. The quantitative estimate of drug-likeness (QED) is 0.816. The predicted molar refractivity (Wildman–Crippen MR) is 62.4 cm³/mol. The Kier molecular flexibility index (Phi) is 2.93. The number of benzene rings is 2. The minimum absolute atomic E-state index is 0.256. The third-order valence-electron chi connectivity index (χ3n) is 2.32. The lowest BCUT2D eigenvalue weighted by molar-refractivity contribution is 0.469. The summed E-state index contributed by atoms with van der Waals surface area (Å²) in [7, 11) is 0. The fourth-order valence-electron chi connectivity index (χ4n) is 1.52. The summed E-state index contributed by atoms with van der Waals surface area (Å²) in [6.45, 7) is 0. The SMILES string of the molecule is Oc1cccc(Cl)c1Cc1ccccc1. The summed E-state index contributed by atoms with van der Waals surface area (Å²) < 4.78 is 0. The molecule has 0 saturated carbocycles. The zero-order valence-electron chi connectivity index (χ0n) is 8.15. The third kappa shape index (κ3) is 2.31. The maximum absolute atomic E-state index is 9.67. The standard InChI is InChI=1S/C13H11ClO/c14-12-7-4-8-13(15)11(12)9-10-5-2-1-3-6-10/h1-8,15H,9H2. The fraction of sp³-hybridized carbons (Fsp3) is 0.0769. The summed E-state index contributed by atoms with van der Waals surface area (Å²) in [4.78, 5) is 0. The zero-order valence-corrected chi connectivity index (χ0v) is 8.91. The summed E-state index contributed by atoms with van der Waals surface area (Å²) in [5.74, 6) is 0.256. The molecule has 2 aromatic carbocycles. The van der Waals surface area contributed by atoms with Gasteiger partial charge in [0.2, 0.25) is 0 Å². The average molecular weight is 219 g/mol. The van der Waals surface area contributed by atoms with Crippen LogP contribution < -0.4 is 0 Å². The van der Waals surface area contributed by atoms with Gasteiger partial charge >= 0.3 is 0 Å². The minimum Gasteiger partial charge on any atom is -0.508 e. The average Bonchev–Trinajstić information content (AvgIpc) is 2.25. The van der Waals surface area contributed by atoms with Crippen molar-refractivity contribution >= 4 is 11.6 Å². The van der Waals surface area contributed by atoms with Crippen molar-refractivity contribution in [2.75, 3.05) is 0 Å². The number of aromatic hydroxyl groups is 1. The van der Waals surface area contributed by atoms with Gasteiger partial charge in [-0.3, -0.25) is 0 Å². The molecule has 0 aliphatic carbocycles. The molecule has 1 N–H and O–H groups in total. The Bertz CT molecular complexity index is 431. The second-order valence-electron chi connectivity index (χ2n) is 3.40. The van der Waals surface area contributed by atoms with Gasteiger partial charge in [-0.05, 0) is 17.7 Å². The normalized spacial score (nSPS) is 10.2. The molecule has 2 aromatic rings. The lowest BCUT2D eigenvalue weighted by atomic mass is 10.0. The summed E-state index contributed by atoms with van der Waals surface area (Å²) in [6.07, 6.45) is 0.659.